The van der Waals surface area contributed by atoms with Gasteiger partial charge in [0.05, 0.1) is 34.9 Å². The Morgan fingerprint density at radius 2 is 2.04 bits per heavy atom. The van der Waals surface area contributed by atoms with Crippen molar-refractivity contribution in [2.24, 2.45) is 0 Å². The van der Waals surface area contributed by atoms with Crippen LogP contribution in [0.15, 0.2) is 18.2 Å². The first-order valence-corrected chi connectivity index (χ1v) is 9.04. The molecule has 0 aromatic heterocycles. The molecule has 0 bridgehead atoms. The smallest absolute Gasteiger partial charge is 0.239 e. The molecule has 0 spiro atoms. The Kier molecular flexibility index (Phi) is 6.00. The van der Waals surface area contributed by atoms with Gasteiger partial charge in [-0.3, -0.25) is 4.79 Å². The van der Waals surface area contributed by atoms with Gasteiger partial charge in [0.15, 0.2) is 0 Å². The summed E-state index contributed by atoms with van der Waals surface area (Å²) in [6.45, 7) is 2.38. The molecule has 0 radical (unpaired) electrons. The first-order chi connectivity index (χ1) is 11.5. The quantitative estimate of drug-likeness (QED) is 0.850. The number of carbonyl (C=O) groups is 1. The van der Waals surface area contributed by atoms with Gasteiger partial charge in [-0.1, -0.05) is 29.3 Å². The molecule has 24 heavy (non-hydrogen) atoms. The summed E-state index contributed by atoms with van der Waals surface area (Å²) in [5.41, 5.74) is 0.993. The van der Waals surface area contributed by atoms with Gasteiger partial charge < -0.3 is 20.1 Å². The highest BCUT2D eigenvalue weighted by molar-refractivity contribution is 6.42. The van der Waals surface area contributed by atoms with Crippen LogP contribution in [-0.4, -0.2) is 53.8 Å². The minimum absolute atomic E-state index is 0.0921. The molecular formula is C17H22Cl2N2O3. The number of hydrogen-bond acceptors (Lipinski definition) is 4. The largest absolute Gasteiger partial charge is 0.392 e. The van der Waals surface area contributed by atoms with Gasteiger partial charge in [-0.15, -0.1) is 0 Å². The molecule has 132 valence electrons. The Morgan fingerprint density at radius 3 is 2.67 bits per heavy atom. The highest BCUT2D eigenvalue weighted by Crippen LogP contribution is 2.24. The van der Waals surface area contributed by atoms with Gasteiger partial charge in [0.1, 0.15) is 0 Å². The number of hydrogen-bond donors (Lipinski definition) is 2. The fourth-order valence-electron chi connectivity index (χ4n) is 3.21. The summed E-state index contributed by atoms with van der Waals surface area (Å²) in [4.78, 5) is 14.3. The summed E-state index contributed by atoms with van der Waals surface area (Å²) in [6, 6.07) is 5.25. The van der Waals surface area contributed by atoms with Crippen molar-refractivity contribution in [2.45, 2.75) is 44.1 Å². The second kappa shape index (κ2) is 8.02. The zero-order valence-electron chi connectivity index (χ0n) is 13.4. The molecule has 1 amide bonds. The molecule has 2 saturated heterocycles. The Labute approximate surface area is 151 Å². The number of aliphatic hydroxyl groups excluding tert-OH is 1. The summed E-state index contributed by atoms with van der Waals surface area (Å²) in [5.74, 6) is 0.0921. The second-order valence-corrected chi connectivity index (χ2v) is 7.25. The zero-order chi connectivity index (χ0) is 17.1. The van der Waals surface area contributed by atoms with Crippen molar-refractivity contribution >= 4 is 29.1 Å². The third kappa shape index (κ3) is 4.41. The number of halogens is 2. The molecule has 0 aliphatic carbocycles. The highest BCUT2D eigenvalue weighted by Gasteiger charge is 2.33. The van der Waals surface area contributed by atoms with Gasteiger partial charge in [0, 0.05) is 19.6 Å². The lowest BCUT2D eigenvalue weighted by molar-refractivity contribution is -0.136. The maximum absolute atomic E-state index is 12.4. The van der Waals surface area contributed by atoms with Crippen molar-refractivity contribution < 1.29 is 14.6 Å². The lowest BCUT2D eigenvalue weighted by Crippen LogP contribution is -2.48. The van der Waals surface area contributed by atoms with Gasteiger partial charge in [0.25, 0.3) is 0 Å². The maximum Gasteiger partial charge on any atom is 0.239 e. The molecule has 2 heterocycles. The van der Waals surface area contributed by atoms with Crippen LogP contribution in [-0.2, 0) is 16.1 Å². The van der Waals surface area contributed by atoms with E-state index >= 15 is 0 Å². The third-order valence-electron chi connectivity index (χ3n) is 4.63. The summed E-state index contributed by atoms with van der Waals surface area (Å²) in [5, 5.41) is 13.7. The summed E-state index contributed by atoms with van der Waals surface area (Å²) >= 11 is 11.9. The predicted octanol–water partition coefficient (Wildman–Crippen LogP) is 2.22. The number of benzene rings is 1. The van der Waals surface area contributed by atoms with Gasteiger partial charge in [-0.2, -0.15) is 0 Å². The van der Waals surface area contributed by atoms with E-state index in [1.54, 1.807) is 6.07 Å². The summed E-state index contributed by atoms with van der Waals surface area (Å²) in [7, 11) is 0. The van der Waals surface area contributed by atoms with E-state index in [-0.39, 0.29) is 18.1 Å². The van der Waals surface area contributed by atoms with E-state index in [0.717, 1.165) is 18.4 Å². The monoisotopic (exact) mass is 372 g/mol. The topological polar surface area (TPSA) is 61.8 Å². The van der Waals surface area contributed by atoms with E-state index in [1.165, 1.54) is 0 Å². The molecule has 2 aliphatic heterocycles. The number of β-amino-alcohol motifs (C(OH)–C–C–N with tert-alkyl or cyclic N) is 1. The van der Waals surface area contributed by atoms with Crippen molar-refractivity contribution in [1.29, 1.82) is 0 Å². The molecule has 7 heteroatoms. The normalized spacial score (nSPS) is 25.2. The number of likely N-dealkylation sites (tertiary alicyclic amines) is 1. The minimum atomic E-state index is -0.411. The number of nitrogens with zero attached hydrogens (tertiary/aromatic N) is 1. The minimum Gasteiger partial charge on any atom is -0.392 e. The van der Waals surface area contributed by atoms with Crippen LogP contribution in [0.2, 0.25) is 10.0 Å². The molecule has 2 N–H and O–H groups in total. The molecule has 1 aromatic carbocycles. The van der Waals surface area contributed by atoms with Gasteiger partial charge in [-0.25, -0.2) is 0 Å². The zero-order valence-corrected chi connectivity index (χ0v) is 14.9. The highest BCUT2D eigenvalue weighted by atomic mass is 35.5. The number of rotatable bonds is 4. The van der Waals surface area contributed by atoms with E-state index in [4.69, 9.17) is 27.9 Å². The molecule has 5 nitrogen and oxygen atoms in total. The summed E-state index contributed by atoms with van der Waals surface area (Å²) in [6.07, 6.45) is 1.88. The van der Waals surface area contributed by atoms with Crippen LogP contribution in [0.4, 0.5) is 0 Å². The molecule has 0 saturated carbocycles. The van der Waals surface area contributed by atoms with E-state index in [1.807, 2.05) is 17.0 Å². The first-order valence-electron chi connectivity index (χ1n) is 8.28. The average molecular weight is 373 g/mol. The SMILES string of the molecule is O=C([C@H]1C[C@@H](O)CN1)N1CCC(OCc2ccc(Cl)c(Cl)c2)CC1. The average Bonchev–Trinajstić information content (AvgIpc) is 3.02. The Hall–Kier alpha value is -0.850. The van der Waals surface area contributed by atoms with E-state index in [9.17, 15) is 9.90 Å². The Balaban J connectivity index is 1.43. The Bertz CT molecular complexity index is 591. The molecule has 2 aliphatic rings. The number of piperidine rings is 1. The van der Waals surface area contributed by atoms with E-state index in [2.05, 4.69) is 5.32 Å². The number of ether oxygens (including phenoxy) is 1. The van der Waals surface area contributed by atoms with Crippen LogP contribution in [0.3, 0.4) is 0 Å². The summed E-state index contributed by atoms with van der Waals surface area (Å²) < 4.78 is 5.94. The standard InChI is InChI=1S/C17H22Cl2N2O3/c18-14-2-1-11(7-15(14)19)10-24-13-3-5-21(6-4-13)17(23)16-8-12(22)9-20-16/h1-2,7,12-13,16,20,22H,3-6,8-10H2/t12-,16-/m1/s1. The van der Waals surface area contributed by atoms with Gasteiger partial charge in [-0.05, 0) is 37.0 Å². The number of nitrogens with one attached hydrogen (secondary N) is 1. The molecule has 3 rings (SSSR count). The van der Waals surface area contributed by atoms with E-state index in [0.29, 0.717) is 42.7 Å². The van der Waals surface area contributed by atoms with Crippen molar-refractivity contribution in [3.05, 3.63) is 33.8 Å². The number of amides is 1. The van der Waals surface area contributed by atoms with Crippen LogP contribution < -0.4 is 5.32 Å². The molecule has 2 fully saturated rings. The molecule has 0 unspecified atom stereocenters. The fourth-order valence-corrected chi connectivity index (χ4v) is 3.53. The number of carbonyl (C=O) groups excluding carboxylic acids is 1. The molecule has 2 atom stereocenters. The van der Waals surface area contributed by atoms with Crippen LogP contribution >= 0.6 is 23.2 Å². The van der Waals surface area contributed by atoms with Gasteiger partial charge in [0.2, 0.25) is 5.91 Å². The van der Waals surface area contributed by atoms with Crippen molar-refractivity contribution in [2.75, 3.05) is 19.6 Å². The Morgan fingerprint density at radius 1 is 1.29 bits per heavy atom. The van der Waals surface area contributed by atoms with Crippen LogP contribution in [0.5, 0.6) is 0 Å². The first kappa shape index (κ1) is 18.0. The van der Waals surface area contributed by atoms with E-state index < -0.39 is 6.10 Å². The second-order valence-electron chi connectivity index (χ2n) is 6.43. The molecular weight excluding hydrogens is 351 g/mol. The van der Waals surface area contributed by atoms with Crippen molar-refractivity contribution in [1.82, 2.24) is 10.2 Å². The molecule has 1 aromatic rings. The number of aliphatic hydroxyl groups is 1. The lowest BCUT2D eigenvalue weighted by atomic mass is 10.1. The predicted molar refractivity (Wildman–Crippen MR) is 93.3 cm³/mol. The van der Waals surface area contributed by atoms with Crippen LogP contribution in [0.25, 0.3) is 0 Å². The van der Waals surface area contributed by atoms with Crippen LogP contribution in [0, 0.1) is 0 Å². The van der Waals surface area contributed by atoms with Crippen LogP contribution in [0.1, 0.15) is 24.8 Å². The lowest BCUT2D eigenvalue weighted by Gasteiger charge is -2.33. The van der Waals surface area contributed by atoms with Crippen molar-refractivity contribution in [3.8, 4) is 0 Å². The third-order valence-corrected chi connectivity index (χ3v) is 5.37. The van der Waals surface area contributed by atoms with Crippen molar-refractivity contribution in [3.63, 3.8) is 0 Å². The fraction of sp³-hybridized carbons (Fsp3) is 0.588. The maximum atomic E-state index is 12.4. The van der Waals surface area contributed by atoms with Gasteiger partial charge >= 0.3 is 0 Å².